The van der Waals surface area contributed by atoms with E-state index in [1.165, 1.54) is 24.0 Å². The molecule has 106 valence electrons. The van der Waals surface area contributed by atoms with E-state index in [2.05, 4.69) is 41.2 Å². The van der Waals surface area contributed by atoms with Gasteiger partial charge in [-0.05, 0) is 30.4 Å². The Labute approximate surface area is 120 Å². The van der Waals surface area contributed by atoms with Crippen LogP contribution in [0.15, 0.2) is 30.5 Å². The third-order valence-corrected chi connectivity index (χ3v) is 4.58. The minimum absolute atomic E-state index is 0.112. The van der Waals surface area contributed by atoms with Gasteiger partial charge in [-0.1, -0.05) is 44.0 Å². The van der Waals surface area contributed by atoms with Gasteiger partial charge in [-0.25, -0.2) is 4.98 Å². The largest absolute Gasteiger partial charge is 0.342 e. The van der Waals surface area contributed by atoms with E-state index in [0.717, 1.165) is 30.8 Å². The molecule has 1 aromatic carbocycles. The molecule has 0 unspecified atom stereocenters. The van der Waals surface area contributed by atoms with E-state index in [1.54, 1.807) is 0 Å². The molecule has 20 heavy (non-hydrogen) atoms. The Morgan fingerprint density at radius 1 is 1.25 bits per heavy atom. The average Bonchev–Trinajstić information content (AvgIpc) is 2.89. The maximum atomic E-state index is 5.94. The van der Waals surface area contributed by atoms with Gasteiger partial charge in [0.2, 0.25) is 0 Å². The lowest BCUT2D eigenvalue weighted by molar-refractivity contribution is 0.240. The van der Waals surface area contributed by atoms with Crippen LogP contribution in [0.5, 0.6) is 0 Å². The Hall–Kier alpha value is -1.61. The molecule has 3 N–H and O–H groups in total. The fourth-order valence-electron chi connectivity index (χ4n) is 3.02. The van der Waals surface area contributed by atoms with Crippen LogP contribution in [-0.2, 0) is 11.8 Å². The lowest BCUT2D eigenvalue weighted by Gasteiger charge is -2.39. The van der Waals surface area contributed by atoms with Crippen molar-refractivity contribution < 1.29 is 0 Å². The third-order valence-electron chi connectivity index (χ3n) is 4.58. The molecule has 0 bridgehead atoms. The van der Waals surface area contributed by atoms with E-state index in [-0.39, 0.29) is 5.41 Å². The van der Waals surface area contributed by atoms with Gasteiger partial charge in [0.25, 0.3) is 0 Å². The van der Waals surface area contributed by atoms with Crippen molar-refractivity contribution in [1.29, 1.82) is 0 Å². The van der Waals surface area contributed by atoms with Crippen LogP contribution >= 0.6 is 0 Å². The van der Waals surface area contributed by atoms with Crippen molar-refractivity contribution in [2.45, 2.75) is 44.4 Å². The topological polar surface area (TPSA) is 54.7 Å². The third kappa shape index (κ3) is 2.27. The summed E-state index contributed by atoms with van der Waals surface area (Å²) < 4.78 is 0. The second-order valence-electron chi connectivity index (χ2n) is 5.93. The SMILES string of the molecule is CCCc1ccc(-c2cnc(C3(CN)CCC3)[nH]2)cc1. The summed E-state index contributed by atoms with van der Waals surface area (Å²) >= 11 is 0. The lowest BCUT2D eigenvalue weighted by Crippen LogP contribution is -2.42. The van der Waals surface area contributed by atoms with Crippen LogP contribution in [0, 0.1) is 0 Å². The predicted molar refractivity (Wildman–Crippen MR) is 82.6 cm³/mol. The number of nitrogens with zero attached hydrogens (tertiary/aromatic N) is 1. The average molecular weight is 269 g/mol. The van der Waals surface area contributed by atoms with Gasteiger partial charge in [0.15, 0.2) is 0 Å². The lowest BCUT2D eigenvalue weighted by atomic mass is 9.68. The number of hydrogen-bond acceptors (Lipinski definition) is 2. The number of hydrogen-bond donors (Lipinski definition) is 2. The van der Waals surface area contributed by atoms with Gasteiger partial charge in [0, 0.05) is 12.0 Å². The minimum atomic E-state index is 0.112. The van der Waals surface area contributed by atoms with Crippen LogP contribution in [0.4, 0.5) is 0 Å². The highest BCUT2D eigenvalue weighted by molar-refractivity contribution is 5.59. The first-order valence-corrected chi connectivity index (χ1v) is 7.62. The Morgan fingerprint density at radius 2 is 2.00 bits per heavy atom. The summed E-state index contributed by atoms with van der Waals surface area (Å²) in [6, 6.07) is 8.78. The molecule has 1 fully saturated rings. The molecule has 1 aliphatic rings. The van der Waals surface area contributed by atoms with Gasteiger partial charge in [0.1, 0.15) is 5.82 Å². The van der Waals surface area contributed by atoms with E-state index in [9.17, 15) is 0 Å². The summed E-state index contributed by atoms with van der Waals surface area (Å²) in [5.74, 6) is 1.07. The molecule has 0 radical (unpaired) electrons. The maximum absolute atomic E-state index is 5.94. The monoisotopic (exact) mass is 269 g/mol. The van der Waals surface area contributed by atoms with Crippen LogP contribution in [-0.4, -0.2) is 16.5 Å². The highest BCUT2D eigenvalue weighted by atomic mass is 15.0. The zero-order chi connectivity index (χ0) is 14.0. The summed E-state index contributed by atoms with van der Waals surface area (Å²) in [4.78, 5) is 8.06. The summed E-state index contributed by atoms with van der Waals surface area (Å²) in [6.45, 7) is 2.90. The highest BCUT2D eigenvalue weighted by Crippen LogP contribution is 2.41. The number of aryl methyl sites for hydroxylation is 1. The number of imidazole rings is 1. The summed E-state index contributed by atoms with van der Waals surface area (Å²) in [5.41, 5.74) is 9.75. The number of nitrogens with two attached hydrogens (primary N) is 1. The molecule has 0 saturated heterocycles. The predicted octanol–water partition coefficient (Wildman–Crippen LogP) is 3.41. The van der Waals surface area contributed by atoms with E-state index in [1.807, 2.05) is 6.20 Å². The standard InChI is InChI=1S/C17H23N3/c1-2-4-13-5-7-14(8-6-13)15-11-19-16(20-15)17(12-18)9-3-10-17/h5-8,11H,2-4,9-10,12,18H2,1H3,(H,19,20). The van der Waals surface area contributed by atoms with E-state index < -0.39 is 0 Å². The molecule has 0 spiro atoms. The number of nitrogens with one attached hydrogen (secondary N) is 1. The molecule has 3 heteroatoms. The molecule has 1 heterocycles. The zero-order valence-electron chi connectivity index (χ0n) is 12.2. The van der Waals surface area contributed by atoms with Crippen LogP contribution < -0.4 is 5.73 Å². The van der Waals surface area contributed by atoms with Crippen molar-refractivity contribution >= 4 is 0 Å². The van der Waals surface area contributed by atoms with Crippen molar-refractivity contribution in [1.82, 2.24) is 9.97 Å². The van der Waals surface area contributed by atoms with Gasteiger partial charge < -0.3 is 10.7 Å². The maximum Gasteiger partial charge on any atom is 0.114 e. The number of aromatic amines is 1. The van der Waals surface area contributed by atoms with Gasteiger partial charge in [-0.15, -0.1) is 0 Å². The summed E-state index contributed by atoms with van der Waals surface area (Å²) in [7, 11) is 0. The number of rotatable bonds is 5. The molecule has 3 rings (SSSR count). The molecule has 0 aliphatic heterocycles. The summed E-state index contributed by atoms with van der Waals surface area (Å²) in [6.07, 6.45) is 7.86. The normalized spacial score (nSPS) is 16.9. The Bertz CT molecular complexity index is 559. The number of H-pyrrole nitrogens is 1. The first-order chi connectivity index (χ1) is 9.77. The van der Waals surface area contributed by atoms with Crippen LogP contribution in [0.1, 0.15) is 44.0 Å². The smallest absolute Gasteiger partial charge is 0.114 e. The first kappa shape index (κ1) is 13.4. The molecule has 3 nitrogen and oxygen atoms in total. The molecule has 1 saturated carbocycles. The number of benzene rings is 1. The molecule has 1 aliphatic carbocycles. The van der Waals surface area contributed by atoms with E-state index >= 15 is 0 Å². The van der Waals surface area contributed by atoms with Gasteiger partial charge in [-0.3, -0.25) is 0 Å². The van der Waals surface area contributed by atoms with Crippen molar-refractivity contribution in [3.8, 4) is 11.3 Å². The fraction of sp³-hybridized carbons (Fsp3) is 0.471. The first-order valence-electron chi connectivity index (χ1n) is 7.62. The van der Waals surface area contributed by atoms with Crippen LogP contribution in [0.25, 0.3) is 11.3 Å². The van der Waals surface area contributed by atoms with E-state index in [4.69, 9.17) is 5.73 Å². The van der Waals surface area contributed by atoms with Crippen LogP contribution in [0.3, 0.4) is 0 Å². The van der Waals surface area contributed by atoms with Gasteiger partial charge in [-0.2, -0.15) is 0 Å². The van der Waals surface area contributed by atoms with Crippen molar-refractivity contribution in [3.05, 3.63) is 41.9 Å². The van der Waals surface area contributed by atoms with Gasteiger partial charge in [0.05, 0.1) is 11.9 Å². The van der Waals surface area contributed by atoms with Crippen molar-refractivity contribution in [2.75, 3.05) is 6.54 Å². The summed E-state index contributed by atoms with van der Waals surface area (Å²) in [5, 5.41) is 0. The fourth-order valence-corrected chi connectivity index (χ4v) is 3.02. The zero-order valence-corrected chi connectivity index (χ0v) is 12.2. The Balaban J connectivity index is 1.82. The molecule has 2 aromatic rings. The number of aromatic nitrogens is 2. The highest BCUT2D eigenvalue weighted by Gasteiger charge is 2.39. The Morgan fingerprint density at radius 3 is 2.55 bits per heavy atom. The second-order valence-corrected chi connectivity index (χ2v) is 5.93. The molecule has 0 atom stereocenters. The molecule has 1 aromatic heterocycles. The van der Waals surface area contributed by atoms with Crippen LogP contribution in [0.2, 0.25) is 0 Å². The quantitative estimate of drug-likeness (QED) is 0.874. The van der Waals surface area contributed by atoms with Gasteiger partial charge >= 0.3 is 0 Å². The van der Waals surface area contributed by atoms with Crippen molar-refractivity contribution in [3.63, 3.8) is 0 Å². The molecular formula is C17H23N3. The molecular weight excluding hydrogens is 246 g/mol. The van der Waals surface area contributed by atoms with E-state index in [0.29, 0.717) is 6.54 Å². The molecule has 0 amide bonds. The van der Waals surface area contributed by atoms with Crippen molar-refractivity contribution in [2.24, 2.45) is 5.73 Å². The second kappa shape index (κ2) is 5.41. The minimum Gasteiger partial charge on any atom is -0.342 e. The Kier molecular flexibility index (Phi) is 3.62.